The van der Waals surface area contributed by atoms with Crippen LogP contribution in [-0.2, 0) is 18.8 Å². The quantitative estimate of drug-likeness (QED) is 0.266. The molecule has 8 heteroatoms. The fraction of sp³-hybridized carbons (Fsp3) is 0.107. The Morgan fingerprint density at radius 3 is 2.44 bits per heavy atom. The number of nitrogens with zero attached hydrogens (tertiary/aromatic N) is 3. The number of carbonyl (C=O) groups excluding carboxylic acids is 1. The van der Waals surface area contributed by atoms with E-state index in [1.807, 2.05) is 28.8 Å². The number of amides is 1. The Morgan fingerprint density at radius 2 is 1.67 bits per heavy atom. The van der Waals surface area contributed by atoms with Crippen LogP contribution in [-0.4, -0.2) is 20.4 Å². The Morgan fingerprint density at radius 1 is 0.917 bits per heavy atom. The maximum absolute atomic E-state index is 14.3. The van der Waals surface area contributed by atoms with Gasteiger partial charge < -0.3 is 9.88 Å². The van der Waals surface area contributed by atoms with Gasteiger partial charge in [-0.1, -0.05) is 54.2 Å². The maximum Gasteiger partial charge on any atom is 0.251 e. The maximum atomic E-state index is 14.3. The van der Waals surface area contributed by atoms with Gasteiger partial charge in [-0.05, 0) is 47.5 Å². The van der Waals surface area contributed by atoms with Crippen LogP contribution in [0, 0.1) is 11.6 Å². The first kappa shape index (κ1) is 23.7. The number of carbonyl (C=O) groups is 1. The summed E-state index contributed by atoms with van der Waals surface area (Å²) in [6.07, 6.45) is 3.43. The van der Waals surface area contributed by atoms with E-state index in [4.69, 9.17) is 4.98 Å². The molecule has 0 aliphatic carbocycles. The summed E-state index contributed by atoms with van der Waals surface area (Å²) >= 11 is 1.54. The number of imidazole rings is 1. The number of rotatable bonds is 8. The van der Waals surface area contributed by atoms with Gasteiger partial charge in [-0.25, -0.2) is 13.8 Å². The zero-order valence-corrected chi connectivity index (χ0v) is 20.0. The molecule has 0 radical (unpaired) electrons. The Labute approximate surface area is 211 Å². The number of halogens is 2. The number of benzene rings is 3. The summed E-state index contributed by atoms with van der Waals surface area (Å²) in [5.74, 6) is -0.130. The molecule has 1 amide bonds. The third-order valence-electron chi connectivity index (χ3n) is 5.75. The van der Waals surface area contributed by atoms with Crippen molar-refractivity contribution in [3.63, 3.8) is 0 Å². The highest BCUT2D eigenvalue weighted by Gasteiger charge is 2.14. The van der Waals surface area contributed by atoms with E-state index in [2.05, 4.69) is 10.3 Å². The highest BCUT2D eigenvalue weighted by atomic mass is 32.2. The minimum Gasteiger partial charge on any atom is -0.348 e. The van der Waals surface area contributed by atoms with Crippen LogP contribution in [0.15, 0.2) is 96.4 Å². The Kier molecular flexibility index (Phi) is 7.04. The van der Waals surface area contributed by atoms with Crippen LogP contribution in [0.3, 0.4) is 0 Å². The van der Waals surface area contributed by atoms with E-state index in [-0.39, 0.29) is 17.5 Å². The highest BCUT2D eigenvalue weighted by molar-refractivity contribution is 7.98. The van der Waals surface area contributed by atoms with Crippen molar-refractivity contribution in [2.75, 3.05) is 0 Å². The molecule has 0 saturated heterocycles. The molecular formula is C28H22F2N4OS. The first-order valence-electron chi connectivity index (χ1n) is 11.3. The minimum atomic E-state index is -0.307. The normalized spacial score (nSPS) is 11.1. The molecule has 5 aromatic rings. The van der Waals surface area contributed by atoms with E-state index in [0.29, 0.717) is 30.0 Å². The fourth-order valence-electron chi connectivity index (χ4n) is 3.79. The Bertz CT molecular complexity index is 1500. The number of nitrogens with one attached hydrogen (secondary N) is 1. The van der Waals surface area contributed by atoms with Crippen molar-refractivity contribution in [3.05, 3.63) is 125 Å². The van der Waals surface area contributed by atoms with Gasteiger partial charge in [-0.3, -0.25) is 9.78 Å². The predicted octanol–water partition coefficient (Wildman–Crippen LogP) is 5.98. The monoisotopic (exact) mass is 500 g/mol. The van der Waals surface area contributed by atoms with Crippen LogP contribution in [0.1, 0.15) is 27.0 Å². The van der Waals surface area contributed by atoms with Crippen LogP contribution in [0.2, 0.25) is 0 Å². The second kappa shape index (κ2) is 10.7. The second-order valence-corrected chi connectivity index (χ2v) is 9.17. The van der Waals surface area contributed by atoms with Crippen molar-refractivity contribution in [1.82, 2.24) is 19.9 Å². The first-order chi connectivity index (χ1) is 17.6. The van der Waals surface area contributed by atoms with Gasteiger partial charge in [0.2, 0.25) is 0 Å². The molecule has 2 aromatic heterocycles. The SMILES string of the molecule is O=C(NCc1ccc(F)cc1)c1ccc(CSc2nc3ccncc3n2Cc2ccccc2F)cc1. The summed E-state index contributed by atoms with van der Waals surface area (Å²) in [7, 11) is 0. The zero-order valence-electron chi connectivity index (χ0n) is 19.2. The van der Waals surface area contributed by atoms with E-state index in [1.54, 1.807) is 60.6 Å². The van der Waals surface area contributed by atoms with Gasteiger partial charge in [-0.15, -0.1) is 0 Å². The number of hydrogen-bond donors (Lipinski definition) is 1. The summed E-state index contributed by atoms with van der Waals surface area (Å²) < 4.78 is 29.3. The fourth-order valence-corrected chi connectivity index (χ4v) is 4.76. The molecule has 0 atom stereocenters. The van der Waals surface area contributed by atoms with E-state index in [0.717, 1.165) is 27.3 Å². The highest BCUT2D eigenvalue weighted by Crippen LogP contribution is 2.28. The summed E-state index contributed by atoms with van der Waals surface area (Å²) in [6.45, 7) is 0.675. The molecule has 2 heterocycles. The van der Waals surface area contributed by atoms with Crippen LogP contribution in [0.4, 0.5) is 8.78 Å². The number of fused-ring (bicyclic) bond motifs is 1. The summed E-state index contributed by atoms with van der Waals surface area (Å²) in [6, 6.07) is 22.0. The topological polar surface area (TPSA) is 59.8 Å². The lowest BCUT2D eigenvalue weighted by Gasteiger charge is -2.10. The lowest BCUT2D eigenvalue weighted by Crippen LogP contribution is -2.22. The van der Waals surface area contributed by atoms with Crippen molar-refractivity contribution < 1.29 is 13.6 Å². The molecule has 0 unspecified atom stereocenters. The smallest absolute Gasteiger partial charge is 0.251 e. The standard InChI is InChI=1S/C28H22F2N4OS/c29-23-11-7-19(8-12-23)15-32-27(35)21-9-5-20(6-10-21)18-36-28-33-25-13-14-31-16-26(25)34(28)17-22-3-1-2-4-24(22)30/h1-14,16H,15,17-18H2,(H,32,35). The average Bonchev–Trinajstić information content (AvgIpc) is 3.26. The summed E-state index contributed by atoms with van der Waals surface area (Å²) in [5, 5.41) is 3.61. The summed E-state index contributed by atoms with van der Waals surface area (Å²) in [5.41, 5.74) is 4.62. The van der Waals surface area contributed by atoms with E-state index in [9.17, 15) is 13.6 Å². The molecule has 5 nitrogen and oxygen atoms in total. The second-order valence-electron chi connectivity index (χ2n) is 8.23. The lowest BCUT2D eigenvalue weighted by molar-refractivity contribution is 0.0951. The molecule has 0 bridgehead atoms. The van der Waals surface area contributed by atoms with E-state index < -0.39 is 0 Å². The minimum absolute atomic E-state index is 0.197. The molecule has 0 aliphatic rings. The molecule has 0 aliphatic heterocycles. The Hall–Kier alpha value is -4.04. The molecule has 1 N–H and O–H groups in total. The van der Waals surface area contributed by atoms with Gasteiger partial charge in [0.25, 0.3) is 5.91 Å². The van der Waals surface area contributed by atoms with Gasteiger partial charge >= 0.3 is 0 Å². The molecule has 0 saturated carbocycles. The average molecular weight is 501 g/mol. The van der Waals surface area contributed by atoms with Crippen LogP contribution in [0.25, 0.3) is 11.0 Å². The van der Waals surface area contributed by atoms with Crippen LogP contribution >= 0.6 is 11.8 Å². The summed E-state index contributed by atoms with van der Waals surface area (Å²) in [4.78, 5) is 21.4. The molecule has 0 spiro atoms. The van der Waals surface area contributed by atoms with Gasteiger partial charge in [0, 0.05) is 29.6 Å². The van der Waals surface area contributed by atoms with Gasteiger partial charge in [0.15, 0.2) is 5.16 Å². The van der Waals surface area contributed by atoms with Crippen molar-refractivity contribution in [1.29, 1.82) is 0 Å². The number of thioether (sulfide) groups is 1. The van der Waals surface area contributed by atoms with Crippen LogP contribution in [0.5, 0.6) is 0 Å². The van der Waals surface area contributed by atoms with Crippen LogP contribution < -0.4 is 5.32 Å². The molecule has 36 heavy (non-hydrogen) atoms. The molecule has 0 fully saturated rings. The molecule has 180 valence electrons. The first-order valence-corrected chi connectivity index (χ1v) is 12.3. The van der Waals surface area contributed by atoms with Crippen molar-refractivity contribution in [3.8, 4) is 0 Å². The third kappa shape index (κ3) is 5.44. The van der Waals surface area contributed by atoms with Gasteiger partial charge in [-0.2, -0.15) is 0 Å². The molecule has 5 rings (SSSR count). The van der Waals surface area contributed by atoms with Gasteiger partial charge in [0.05, 0.1) is 23.8 Å². The lowest BCUT2D eigenvalue weighted by atomic mass is 10.1. The molecular weight excluding hydrogens is 478 g/mol. The van der Waals surface area contributed by atoms with Gasteiger partial charge in [0.1, 0.15) is 11.6 Å². The van der Waals surface area contributed by atoms with Crippen molar-refractivity contribution in [2.24, 2.45) is 0 Å². The van der Waals surface area contributed by atoms with E-state index >= 15 is 0 Å². The molecule has 3 aromatic carbocycles. The third-order valence-corrected chi connectivity index (χ3v) is 6.80. The van der Waals surface area contributed by atoms with Crippen molar-refractivity contribution >= 4 is 28.7 Å². The number of hydrogen-bond acceptors (Lipinski definition) is 4. The zero-order chi connectivity index (χ0) is 24.9. The van der Waals surface area contributed by atoms with E-state index in [1.165, 1.54) is 18.2 Å². The largest absolute Gasteiger partial charge is 0.348 e. The predicted molar refractivity (Wildman–Crippen MR) is 137 cm³/mol. The number of aromatic nitrogens is 3. The van der Waals surface area contributed by atoms with Crippen molar-refractivity contribution in [2.45, 2.75) is 24.0 Å². The number of pyridine rings is 1. The Balaban J connectivity index is 1.26.